The molecule has 1 N–H and O–H groups in total. The standard InChI is InChI=1S/C22H19NS/c1-2-16-10-12-17(13-11-16)14-15-18-6-5-9-21-22(18)23-19-7-3-4-8-20(19)24-21/h2-13,23H,1,14-15H2. The second-order valence-electron chi connectivity index (χ2n) is 5.96. The lowest BCUT2D eigenvalue weighted by Gasteiger charge is -2.23. The normalized spacial score (nSPS) is 12.0. The van der Waals surface area contributed by atoms with Gasteiger partial charge in [-0.05, 0) is 47.7 Å². The van der Waals surface area contributed by atoms with Crippen LogP contribution in [0, 0.1) is 0 Å². The molecule has 0 unspecified atom stereocenters. The molecule has 0 spiro atoms. The van der Waals surface area contributed by atoms with Crippen molar-refractivity contribution in [2.24, 2.45) is 0 Å². The lowest BCUT2D eigenvalue weighted by atomic mass is 10.0. The van der Waals surface area contributed by atoms with Crippen molar-refractivity contribution in [3.8, 4) is 0 Å². The minimum atomic E-state index is 1.03. The molecule has 1 aliphatic rings. The second-order valence-corrected chi connectivity index (χ2v) is 7.04. The van der Waals surface area contributed by atoms with Gasteiger partial charge in [0.2, 0.25) is 0 Å². The molecule has 0 radical (unpaired) electrons. The first kappa shape index (κ1) is 15.1. The summed E-state index contributed by atoms with van der Waals surface area (Å²) >= 11 is 1.85. The molecule has 3 aromatic rings. The minimum Gasteiger partial charge on any atom is -0.353 e. The lowest BCUT2D eigenvalue weighted by Crippen LogP contribution is -2.04. The van der Waals surface area contributed by atoms with Gasteiger partial charge in [0.25, 0.3) is 0 Å². The summed E-state index contributed by atoms with van der Waals surface area (Å²) in [4.78, 5) is 2.61. The number of anilines is 2. The molecule has 3 aromatic carbocycles. The highest BCUT2D eigenvalue weighted by molar-refractivity contribution is 7.99. The number of aryl methyl sites for hydroxylation is 2. The van der Waals surface area contributed by atoms with Crippen molar-refractivity contribution in [3.63, 3.8) is 0 Å². The molecular formula is C22H19NS. The van der Waals surface area contributed by atoms with Gasteiger partial charge in [0.05, 0.1) is 11.4 Å². The van der Waals surface area contributed by atoms with Crippen molar-refractivity contribution in [2.75, 3.05) is 5.32 Å². The molecular weight excluding hydrogens is 310 g/mol. The Hall–Kier alpha value is -2.45. The maximum absolute atomic E-state index is 3.81. The van der Waals surface area contributed by atoms with E-state index in [1.54, 1.807) is 0 Å². The topological polar surface area (TPSA) is 12.0 Å². The summed E-state index contributed by atoms with van der Waals surface area (Å²) in [6.07, 6.45) is 3.96. The maximum atomic E-state index is 3.81. The molecule has 0 fully saturated rings. The van der Waals surface area contributed by atoms with E-state index in [0.717, 1.165) is 12.8 Å². The molecule has 0 aromatic heterocycles. The third-order valence-corrected chi connectivity index (χ3v) is 5.51. The van der Waals surface area contributed by atoms with Crippen LogP contribution in [0.15, 0.2) is 83.1 Å². The van der Waals surface area contributed by atoms with E-state index in [9.17, 15) is 0 Å². The van der Waals surface area contributed by atoms with E-state index in [1.807, 2.05) is 17.8 Å². The van der Waals surface area contributed by atoms with Crippen LogP contribution in [0.2, 0.25) is 0 Å². The number of benzene rings is 3. The van der Waals surface area contributed by atoms with Gasteiger partial charge in [-0.2, -0.15) is 0 Å². The van der Waals surface area contributed by atoms with E-state index in [0.29, 0.717) is 0 Å². The third kappa shape index (κ3) is 2.98. The summed E-state index contributed by atoms with van der Waals surface area (Å²) in [5, 5.41) is 3.63. The molecule has 1 nitrogen and oxygen atoms in total. The van der Waals surface area contributed by atoms with Gasteiger partial charge in [-0.25, -0.2) is 0 Å². The molecule has 1 aliphatic heterocycles. The molecule has 24 heavy (non-hydrogen) atoms. The highest BCUT2D eigenvalue weighted by Gasteiger charge is 2.17. The van der Waals surface area contributed by atoms with Crippen molar-refractivity contribution >= 4 is 29.2 Å². The summed E-state index contributed by atoms with van der Waals surface area (Å²) in [6.45, 7) is 3.81. The first-order chi connectivity index (χ1) is 11.8. The quantitative estimate of drug-likeness (QED) is 0.470. The third-order valence-electron chi connectivity index (χ3n) is 4.38. The molecule has 1 heterocycles. The van der Waals surface area contributed by atoms with Crippen molar-refractivity contribution in [2.45, 2.75) is 22.6 Å². The smallest absolute Gasteiger partial charge is 0.0559 e. The largest absolute Gasteiger partial charge is 0.353 e. The predicted molar refractivity (Wildman–Crippen MR) is 104 cm³/mol. The van der Waals surface area contributed by atoms with Crippen molar-refractivity contribution in [1.82, 2.24) is 0 Å². The fraction of sp³-hybridized carbons (Fsp3) is 0.0909. The van der Waals surface area contributed by atoms with E-state index in [1.165, 1.54) is 37.9 Å². The molecule has 0 saturated carbocycles. The molecule has 0 amide bonds. The van der Waals surface area contributed by atoms with Crippen molar-refractivity contribution in [3.05, 3.63) is 90.0 Å². The molecule has 118 valence electrons. The van der Waals surface area contributed by atoms with E-state index in [4.69, 9.17) is 0 Å². The monoisotopic (exact) mass is 329 g/mol. The summed E-state index contributed by atoms with van der Waals surface area (Å²) in [5.41, 5.74) is 6.39. The highest BCUT2D eigenvalue weighted by atomic mass is 32.2. The molecule has 2 heteroatoms. The van der Waals surface area contributed by atoms with Crippen molar-refractivity contribution < 1.29 is 0 Å². The zero-order valence-corrected chi connectivity index (χ0v) is 14.3. The zero-order valence-electron chi connectivity index (χ0n) is 13.5. The lowest BCUT2D eigenvalue weighted by molar-refractivity contribution is 0.956. The van der Waals surface area contributed by atoms with Crippen LogP contribution in [0.3, 0.4) is 0 Å². The van der Waals surface area contributed by atoms with Gasteiger partial charge in [-0.3, -0.25) is 0 Å². The number of rotatable bonds is 4. The van der Waals surface area contributed by atoms with E-state index >= 15 is 0 Å². The van der Waals surface area contributed by atoms with Gasteiger partial charge in [0.1, 0.15) is 0 Å². The number of para-hydroxylation sites is 2. The average molecular weight is 329 g/mol. The van der Waals surface area contributed by atoms with Crippen LogP contribution in [0.1, 0.15) is 16.7 Å². The van der Waals surface area contributed by atoms with Crippen molar-refractivity contribution in [1.29, 1.82) is 0 Å². The Kier molecular flexibility index (Phi) is 4.14. The Bertz CT molecular complexity index is 881. The zero-order chi connectivity index (χ0) is 16.4. The number of hydrogen-bond acceptors (Lipinski definition) is 2. The van der Waals surface area contributed by atoms with Gasteiger partial charge in [-0.1, -0.05) is 72.9 Å². The summed E-state index contributed by atoms with van der Waals surface area (Å²) in [7, 11) is 0. The Morgan fingerprint density at radius 1 is 0.833 bits per heavy atom. The second kappa shape index (κ2) is 6.58. The Balaban J connectivity index is 1.56. The first-order valence-electron chi connectivity index (χ1n) is 8.21. The Labute approximate surface area is 147 Å². The van der Waals surface area contributed by atoms with Crippen LogP contribution in [0.5, 0.6) is 0 Å². The predicted octanol–water partition coefficient (Wildman–Crippen LogP) is 6.32. The molecule has 0 bridgehead atoms. The van der Waals surface area contributed by atoms with Crippen LogP contribution in [0.25, 0.3) is 6.08 Å². The van der Waals surface area contributed by atoms with Gasteiger partial charge < -0.3 is 5.32 Å². The van der Waals surface area contributed by atoms with Gasteiger partial charge in [-0.15, -0.1) is 0 Å². The van der Waals surface area contributed by atoms with Gasteiger partial charge in [0, 0.05) is 9.79 Å². The average Bonchev–Trinajstić information content (AvgIpc) is 2.65. The van der Waals surface area contributed by atoms with Gasteiger partial charge in [0.15, 0.2) is 0 Å². The van der Waals surface area contributed by atoms with Crippen LogP contribution in [-0.2, 0) is 12.8 Å². The fourth-order valence-corrected chi connectivity index (χ4v) is 4.07. The molecule has 4 rings (SSSR count). The van der Waals surface area contributed by atoms with Crippen LogP contribution < -0.4 is 5.32 Å². The summed E-state index contributed by atoms with van der Waals surface area (Å²) in [5.74, 6) is 0. The fourth-order valence-electron chi connectivity index (χ4n) is 3.02. The maximum Gasteiger partial charge on any atom is 0.0559 e. The molecule has 0 saturated heterocycles. The Morgan fingerprint density at radius 3 is 2.46 bits per heavy atom. The van der Waals surface area contributed by atoms with E-state index < -0.39 is 0 Å². The highest BCUT2D eigenvalue weighted by Crippen LogP contribution is 2.45. The summed E-state index contributed by atoms with van der Waals surface area (Å²) in [6, 6.07) is 23.8. The van der Waals surface area contributed by atoms with E-state index in [2.05, 4.69) is 78.6 Å². The van der Waals surface area contributed by atoms with Crippen LogP contribution in [-0.4, -0.2) is 0 Å². The SMILES string of the molecule is C=Cc1ccc(CCc2cccc3c2Nc2ccccc2S3)cc1. The van der Waals surface area contributed by atoms with E-state index in [-0.39, 0.29) is 0 Å². The number of nitrogens with one attached hydrogen (secondary N) is 1. The number of hydrogen-bond donors (Lipinski definition) is 1. The van der Waals surface area contributed by atoms with Crippen LogP contribution >= 0.6 is 11.8 Å². The summed E-state index contributed by atoms with van der Waals surface area (Å²) < 4.78 is 0. The van der Waals surface area contributed by atoms with Crippen LogP contribution in [0.4, 0.5) is 11.4 Å². The minimum absolute atomic E-state index is 1.03. The molecule has 0 atom stereocenters. The number of fused-ring (bicyclic) bond motifs is 2. The molecule has 0 aliphatic carbocycles. The first-order valence-corrected chi connectivity index (χ1v) is 9.02. The Morgan fingerprint density at radius 2 is 1.62 bits per heavy atom. The van der Waals surface area contributed by atoms with Gasteiger partial charge >= 0.3 is 0 Å².